The second kappa shape index (κ2) is 5.07. The van der Waals surface area contributed by atoms with E-state index >= 15 is 0 Å². The molecule has 2 nitrogen and oxygen atoms in total. The summed E-state index contributed by atoms with van der Waals surface area (Å²) in [6.45, 7) is 14.3. The van der Waals surface area contributed by atoms with Gasteiger partial charge in [-0.05, 0) is 35.3 Å². The fraction of sp³-hybridized carbons (Fsp3) is 0.667. The molecule has 1 unspecified atom stereocenters. The van der Waals surface area contributed by atoms with Gasteiger partial charge in [0.1, 0.15) is 5.75 Å². The van der Waals surface area contributed by atoms with E-state index in [1.807, 2.05) is 0 Å². The summed E-state index contributed by atoms with van der Waals surface area (Å²) in [5.74, 6) is 1.04. The number of nitrogens with two attached hydrogens (primary N) is 1. The Labute approximate surface area is 123 Å². The lowest BCUT2D eigenvalue weighted by atomic mass is 9.78. The molecule has 20 heavy (non-hydrogen) atoms. The van der Waals surface area contributed by atoms with Crippen LogP contribution in [0.15, 0.2) is 12.1 Å². The summed E-state index contributed by atoms with van der Waals surface area (Å²) in [5.41, 5.74) is 10.4. The molecule has 1 aliphatic heterocycles. The van der Waals surface area contributed by atoms with Gasteiger partial charge in [-0.25, -0.2) is 0 Å². The van der Waals surface area contributed by atoms with Crippen LogP contribution in [0.4, 0.5) is 0 Å². The van der Waals surface area contributed by atoms with E-state index in [9.17, 15) is 0 Å². The smallest absolute Gasteiger partial charge is 0.127 e. The number of hydrogen-bond donors (Lipinski definition) is 1. The number of fused-ring (bicyclic) bond motifs is 1. The summed E-state index contributed by atoms with van der Waals surface area (Å²) in [6, 6.07) is 4.67. The van der Waals surface area contributed by atoms with Crippen LogP contribution < -0.4 is 10.5 Å². The minimum Gasteiger partial charge on any atom is -0.493 e. The van der Waals surface area contributed by atoms with Crippen LogP contribution in [0.25, 0.3) is 0 Å². The van der Waals surface area contributed by atoms with Crippen molar-refractivity contribution in [2.75, 3.05) is 6.61 Å². The molecule has 0 amide bonds. The van der Waals surface area contributed by atoms with Crippen molar-refractivity contribution in [1.82, 2.24) is 0 Å². The Hall–Kier alpha value is -1.02. The fourth-order valence-electron chi connectivity index (χ4n) is 2.71. The highest BCUT2D eigenvalue weighted by Crippen LogP contribution is 2.42. The van der Waals surface area contributed by atoms with Crippen molar-refractivity contribution in [2.24, 2.45) is 5.73 Å². The number of hydrogen-bond acceptors (Lipinski definition) is 2. The SMILES string of the molecule is CC(C)(C)c1cc2c(c(C(C)(C)C)c1)OCCCC2N. The third-order valence-corrected chi connectivity index (χ3v) is 4.10. The molecule has 112 valence electrons. The first-order chi connectivity index (χ1) is 9.10. The average Bonchev–Trinajstić information content (AvgIpc) is 2.48. The van der Waals surface area contributed by atoms with Gasteiger partial charge in [0, 0.05) is 17.2 Å². The second-order valence-corrected chi connectivity index (χ2v) is 8.04. The molecule has 2 N–H and O–H groups in total. The van der Waals surface area contributed by atoms with Gasteiger partial charge >= 0.3 is 0 Å². The minimum absolute atomic E-state index is 0.0649. The molecule has 2 rings (SSSR count). The molecule has 1 atom stereocenters. The molecule has 1 aromatic rings. The average molecular weight is 275 g/mol. The van der Waals surface area contributed by atoms with Crippen LogP contribution in [0, 0.1) is 0 Å². The van der Waals surface area contributed by atoms with Crippen molar-refractivity contribution in [1.29, 1.82) is 0 Å². The maximum absolute atomic E-state index is 6.39. The standard InChI is InChI=1S/C18H29NO/c1-17(2,3)12-10-13-15(19)8-7-9-20-16(13)14(11-12)18(4,5)6/h10-11,15H,7-9,19H2,1-6H3. The molecule has 0 aliphatic carbocycles. The third-order valence-electron chi connectivity index (χ3n) is 4.10. The van der Waals surface area contributed by atoms with Crippen molar-refractivity contribution in [3.63, 3.8) is 0 Å². The van der Waals surface area contributed by atoms with Gasteiger partial charge in [-0.1, -0.05) is 47.6 Å². The highest BCUT2D eigenvalue weighted by atomic mass is 16.5. The molecule has 0 spiro atoms. The van der Waals surface area contributed by atoms with Crippen LogP contribution in [0.5, 0.6) is 5.75 Å². The molecule has 1 heterocycles. The summed E-state index contributed by atoms with van der Waals surface area (Å²) in [5, 5.41) is 0. The molecule has 1 aliphatic rings. The molecular weight excluding hydrogens is 246 g/mol. The summed E-state index contributed by atoms with van der Waals surface area (Å²) in [7, 11) is 0. The molecule has 0 bridgehead atoms. The Morgan fingerprint density at radius 1 is 1.05 bits per heavy atom. The van der Waals surface area contributed by atoms with Gasteiger partial charge in [0.15, 0.2) is 0 Å². The van der Waals surface area contributed by atoms with Crippen molar-refractivity contribution in [3.05, 3.63) is 28.8 Å². The maximum Gasteiger partial charge on any atom is 0.127 e. The van der Waals surface area contributed by atoms with E-state index in [1.165, 1.54) is 16.7 Å². The first-order valence-electron chi connectivity index (χ1n) is 7.68. The monoisotopic (exact) mass is 275 g/mol. The van der Waals surface area contributed by atoms with Gasteiger partial charge in [-0.15, -0.1) is 0 Å². The lowest BCUT2D eigenvalue weighted by Crippen LogP contribution is -2.20. The fourth-order valence-corrected chi connectivity index (χ4v) is 2.71. The van der Waals surface area contributed by atoms with E-state index in [0.29, 0.717) is 0 Å². The Bertz CT molecular complexity index is 491. The minimum atomic E-state index is 0.0649. The van der Waals surface area contributed by atoms with Crippen LogP contribution in [0.3, 0.4) is 0 Å². The predicted octanol–water partition coefficient (Wildman–Crippen LogP) is 4.45. The lowest BCUT2D eigenvalue weighted by Gasteiger charge is -2.29. The van der Waals surface area contributed by atoms with E-state index < -0.39 is 0 Å². The van der Waals surface area contributed by atoms with Crippen LogP contribution in [-0.4, -0.2) is 6.61 Å². The second-order valence-electron chi connectivity index (χ2n) is 8.04. The van der Waals surface area contributed by atoms with Gasteiger partial charge in [-0.2, -0.15) is 0 Å². The third kappa shape index (κ3) is 3.01. The highest BCUT2D eigenvalue weighted by Gasteiger charge is 2.28. The molecule has 0 radical (unpaired) electrons. The van der Waals surface area contributed by atoms with Gasteiger partial charge in [0.05, 0.1) is 6.61 Å². The molecule has 0 aromatic heterocycles. The Kier molecular flexibility index (Phi) is 3.90. The predicted molar refractivity (Wildman–Crippen MR) is 85.5 cm³/mol. The van der Waals surface area contributed by atoms with Crippen LogP contribution >= 0.6 is 0 Å². The zero-order valence-corrected chi connectivity index (χ0v) is 13.8. The maximum atomic E-state index is 6.39. The van der Waals surface area contributed by atoms with E-state index in [2.05, 4.69) is 53.7 Å². The zero-order valence-electron chi connectivity index (χ0n) is 13.8. The molecule has 1 aromatic carbocycles. The first-order valence-corrected chi connectivity index (χ1v) is 7.68. The van der Waals surface area contributed by atoms with Gasteiger partial charge in [0.2, 0.25) is 0 Å². The van der Waals surface area contributed by atoms with Crippen LogP contribution in [0.2, 0.25) is 0 Å². The Morgan fingerprint density at radius 2 is 1.70 bits per heavy atom. The highest BCUT2D eigenvalue weighted by molar-refractivity contribution is 5.51. The van der Waals surface area contributed by atoms with Gasteiger partial charge < -0.3 is 10.5 Å². The summed E-state index contributed by atoms with van der Waals surface area (Å²) < 4.78 is 6.06. The van der Waals surface area contributed by atoms with E-state index in [-0.39, 0.29) is 16.9 Å². The van der Waals surface area contributed by atoms with Crippen LogP contribution in [-0.2, 0) is 10.8 Å². The summed E-state index contributed by atoms with van der Waals surface area (Å²) in [6.07, 6.45) is 2.04. The van der Waals surface area contributed by atoms with Crippen molar-refractivity contribution in [2.45, 2.75) is 71.3 Å². The van der Waals surface area contributed by atoms with Crippen molar-refractivity contribution < 1.29 is 4.74 Å². The molecule has 0 fully saturated rings. The van der Waals surface area contributed by atoms with E-state index in [0.717, 1.165) is 25.2 Å². The topological polar surface area (TPSA) is 35.2 Å². The first kappa shape index (κ1) is 15.4. The number of ether oxygens (including phenoxy) is 1. The molecular formula is C18H29NO. The lowest BCUT2D eigenvalue weighted by molar-refractivity contribution is 0.307. The van der Waals surface area contributed by atoms with E-state index in [4.69, 9.17) is 10.5 Å². The van der Waals surface area contributed by atoms with Crippen LogP contribution in [0.1, 0.15) is 77.1 Å². The normalized spacial score (nSPS) is 20.1. The quantitative estimate of drug-likeness (QED) is 0.759. The molecule has 2 heteroatoms. The van der Waals surface area contributed by atoms with Gasteiger partial charge in [0.25, 0.3) is 0 Å². The Morgan fingerprint density at radius 3 is 2.25 bits per heavy atom. The number of rotatable bonds is 0. The van der Waals surface area contributed by atoms with Crippen molar-refractivity contribution in [3.8, 4) is 5.75 Å². The van der Waals surface area contributed by atoms with Crippen molar-refractivity contribution >= 4 is 0 Å². The van der Waals surface area contributed by atoms with E-state index in [1.54, 1.807) is 0 Å². The largest absolute Gasteiger partial charge is 0.493 e. The molecule has 0 saturated carbocycles. The summed E-state index contributed by atoms with van der Waals surface area (Å²) >= 11 is 0. The Balaban J connectivity index is 2.69. The number of benzene rings is 1. The summed E-state index contributed by atoms with van der Waals surface area (Å²) in [4.78, 5) is 0. The zero-order chi connectivity index (χ0) is 15.1. The molecule has 0 saturated heterocycles. The van der Waals surface area contributed by atoms with Gasteiger partial charge in [-0.3, -0.25) is 0 Å².